The van der Waals surface area contributed by atoms with Gasteiger partial charge in [-0.25, -0.2) is 9.78 Å². The van der Waals surface area contributed by atoms with Crippen LogP contribution >= 0.6 is 11.6 Å². The zero-order chi connectivity index (χ0) is 23.7. The lowest BCUT2D eigenvalue weighted by Crippen LogP contribution is -2.25. The van der Waals surface area contributed by atoms with Crippen molar-refractivity contribution in [1.29, 1.82) is 0 Å². The number of carbonyl (C=O) groups is 3. The number of aromatic nitrogens is 1. The van der Waals surface area contributed by atoms with Gasteiger partial charge < -0.3 is 14.8 Å². The quantitative estimate of drug-likeness (QED) is 0.327. The summed E-state index contributed by atoms with van der Waals surface area (Å²) in [7, 11) is 0. The molecule has 1 aromatic heterocycles. The lowest BCUT2D eigenvalue weighted by molar-refractivity contribution is -0.118. The zero-order valence-electron chi connectivity index (χ0n) is 17.7. The number of para-hydroxylation sites is 1. The van der Waals surface area contributed by atoms with Crippen LogP contribution in [0.1, 0.15) is 20.7 Å². The van der Waals surface area contributed by atoms with Crippen LogP contribution in [0, 0.1) is 0 Å². The molecule has 34 heavy (non-hydrogen) atoms. The molecule has 0 atom stereocenters. The Kier molecular flexibility index (Phi) is 5.69. The van der Waals surface area contributed by atoms with Crippen molar-refractivity contribution in [3.63, 3.8) is 0 Å². The maximum atomic E-state index is 13.0. The number of anilines is 1. The monoisotopic (exact) mass is 472 g/mol. The van der Waals surface area contributed by atoms with E-state index in [1.54, 1.807) is 42.5 Å². The molecule has 4 aromatic rings. The van der Waals surface area contributed by atoms with E-state index in [0.29, 0.717) is 38.6 Å². The number of hydrogen-bond donors (Lipinski definition) is 1. The second-order valence-corrected chi connectivity index (χ2v) is 8.01. The van der Waals surface area contributed by atoms with Crippen LogP contribution in [0.4, 0.5) is 5.69 Å². The molecule has 0 saturated heterocycles. The Balaban J connectivity index is 1.41. The standard InChI is InChI=1S/C26H17ClN2O5/c27-19-7-3-1-6-17(19)21-12-18(16-5-2-4-8-20(16)28-21)26(32)34-13-23(30)15-9-10-24-22(11-15)29-25(31)14-33-24/h1-12H,13-14H2,(H,29,31). The number of benzene rings is 3. The fraction of sp³-hybridized carbons (Fsp3) is 0.0769. The summed E-state index contributed by atoms with van der Waals surface area (Å²) in [6.45, 7) is -0.543. The van der Waals surface area contributed by atoms with Gasteiger partial charge in [-0.15, -0.1) is 0 Å². The average molecular weight is 473 g/mol. The van der Waals surface area contributed by atoms with Crippen molar-refractivity contribution in [2.75, 3.05) is 18.5 Å². The van der Waals surface area contributed by atoms with Crippen LogP contribution in [-0.2, 0) is 9.53 Å². The highest BCUT2D eigenvalue weighted by molar-refractivity contribution is 6.33. The van der Waals surface area contributed by atoms with E-state index in [9.17, 15) is 14.4 Å². The van der Waals surface area contributed by atoms with E-state index >= 15 is 0 Å². The second-order valence-electron chi connectivity index (χ2n) is 7.60. The first-order chi connectivity index (χ1) is 16.5. The molecule has 1 aliphatic rings. The van der Waals surface area contributed by atoms with E-state index in [2.05, 4.69) is 10.3 Å². The van der Waals surface area contributed by atoms with Gasteiger partial charge in [0.1, 0.15) is 5.75 Å². The summed E-state index contributed by atoms with van der Waals surface area (Å²) >= 11 is 6.34. The first kappa shape index (κ1) is 21.6. The number of hydrogen-bond acceptors (Lipinski definition) is 6. The van der Waals surface area contributed by atoms with Crippen molar-refractivity contribution in [2.24, 2.45) is 0 Å². The number of amides is 1. The highest BCUT2D eigenvalue weighted by Crippen LogP contribution is 2.31. The van der Waals surface area contributed by atoms with E-state index in [-0.39, 0.29) is 23.6 Å². The summed E-state index contributed by atoms with van der Waals surface area (Å²) in [6, 6.07) is 20.7. The van der Waals surface area contributed by atoms with Crippen molar-refractivity contribution in [1.82, 2.24) is 4.98 Å². The lowest BCUT2D eigenvalue weighted by atomic mass is 10.0. The zero-order valence-corrected chi connectivity index (χ0v) is 18.5. The number of fused-ring (bicyclic) bond motifs is 2. The molecule has 0 saturated carbocycles. The van der Waals surface area contributed by atoms with E-state index in [0.717, 1.165) is 0 Å². The minimum atomic E-state index is -0.658. The van der Waals surface area contributed by atoms with Crippen molar-refractivity contribution in [2.45, 2.75) is 0 Å². The number of Topliss-reactive ketones (excluding diaryl/α,β-unsaturated/α-hetero) is 1. The third-order valence-corrected chi connectivity index (χ3v) is 5.68. The number of halogens is 1. The summed E-state index contributed by atoms with van der Waals surface area (Å²) in [5.41, 5.74) is 2.76. The minimum Gasteiger partial charge on any atom is -0.482 e. The van der Waals surface area contributed by atoms with Crippen LogP contribution in [0.15, 0.2) is 72.8 Å². The molecule has 3 aromatic carbocycles. The highest BCUT2D eigenvalue weighted by atomic mass is 35.5. The number of ether oxygens (including phenoxy) is 2. The van der Waals surface area contributed by atoms with Gasteiger partial charge in [-0.1, -0.05) is 48.0 Å². The van der Waals surface area contributed by atoms with Crippen LogP contribution in [0.3, 0.4) is 0 Å². The van der Waals surface area contributed by atoms with Gasteiger partial charge in [0.2, 0.25) is 0 Å². The maximum absolute atomic E-state index is 13.0. The largest absolute Gasteiger partial charge is 0.482 e. The molecule has 1 aliphatic heterocycles. The first-order valence-electron chi connectivity index (χ1n) is 10.4. The molecule has 5 rings (SSSR count). The number of esters is 1. The van der Waals surface area contributed by atoms with Crippen LogP contribution in [-0.4, -0.2) is 35.9 Å². The van der Waals surface area contributed by atoms with E-state index < -0.39 is 18.4 Å². The number of ketones is 1. The third kappa shape index (κ3) is 4.21. The summed E-state index contributed by atoms with van der Waals surface area (Å²) in [6.07, 6.45) is 0. The highest BCUT2D eigenvalue weighted by Gasteiger charge is 2.20. The molecule has 0 spiro atoms. The summed E-state index contributed by atoms with van der Waals surface area (Å²) < 4.78 is 10.7. The van der Waals surface area contributed by atoms with Crippen molar-refractivity contribution in [3.8, 4) is 17.0 Å². The number of carbonyl (C=O) groups excluding carboxylic acids is 3. The molecule has 168 valence electrons. The topological polar surface area (TPSA) is 94.6 Å². The Bertz CT molecular complexity index is 1470. The molecular formula is C26H17ClN2O5. The molecule has 0 aliphatic carbocycles. The number of pyridine rings is 1. The van der Waals surface area contributed by atoms with Crippen molar-refractivity contribution in [3.05, 3.63) is 88.9 Å². The molecule has 0 unspecified atom stereocenters. The predicted molar refractivity (Wildman–Crippen MR) is 127 cm³/mol. The smallest absolute Gasteiger partial charge is 0.339 e. The van der Waals surface area contributed by atoms with E-state index in [1.165, 1.54) is 6.07 Å². The summed E-state index contributed by atoms with van der Waals surface area (Å²) in [5, 5.41) is 3.75. The Morgan fingerprint density at radius 2 is 1.82 bits per heavy atom. The van der Waals surface area contributed by atoms with Gasteiger partial charge in [-0.05, 0) is 36.4 Å². The Hall–Kier alpha value is -4.23. The molecular weight excluding hydrogens is 456 g/mol. The number of rotatable bonds is 5. The molecule has 7 nitrogen and oxygen atoms in total. The Morgan fingerprint density at radius 3 is 2.68 bits per heavy atom. The lowest BCUT2D eigenvalue weighted by Gasteiger charge is -2.18. The summed E-state index contributed by atoms with van der Waals surface area (Å²) in [4.78, 5) is 41.9. The first-order valence-corrected chi connectivity index (χ1v) is 10.8. The fourth-order valence-corrected chi connectivity index (χ4v) is 3.93. The number of nitrogens with one attached hydrogen (secondary N) is 1. The minimum absolute atomic E-state index is 0.0754. The van der Waals surface area contributed by atoms with Gasteiger partial charge in [-0.2, -0.15) is 0 Å². The maximum Gasteiger partial charge on any atom is 0.339 e. The van der Waals surface area contributed by atoms with Crippen LogP contribution < -0.4 is 10.1 Å². The van der Waals surface area contributed by atoms with Gasteiger partial charge in [0, 0.05) is 21.5 Å². The average Bonchev–Trinajstić information content (AvgIpc) is 2.86. The summed E-state index contributed by atoms with van der Waals surface area (Å²) in [5.74, 6) is -0.901. The van der Waals surface area contributed by atoms with Crippen LogP contribution in [0.25, 0.3) is 22.2 Å². The SMILES string of the molecule is O=C1COc2ccc(C(=O)COC(=O)c3cc(-c4ccccc4Cl)nc4ccccc34)cc2N1. The number of nitrogens with zero attached hydrogens (tertiary/aromatic N) is 1. The molecule has 2 heterocycles. The van der Waals surface area contributed by atoms with Gasteiger partial charge in [0.25, 0.3) is 5.91 Å². The molecule has 0 fully saturated rings. The molecule has 1 N–H and O–H groups in total. The molecule has 8 heteroatoms. The fourth-order valence-electron chi connectivity index (χ4n) is 3.70. The van der Waals surface area contributed by atoms with E-state index in [1.807, 2.05) is 24.3 Å². The van der Waals surface area contributed by atoms with Crippen LogP contribution in [0.2, 0.25) is 5.02 Å². The third-order valence-electron chi connectivity index (χ3n) is 5.35. The second kappa shape index (κ2) is 8.96. The predicted octanol–water partition coefficient (Wildman–Crippen LogP) is 4.93. The Morgan fingerprint density at radius 1 is 1.03 bits per heavy atom. The van der Waals surface area contributed by atoms with Gasteiger partial charge in [0.05, 0.1) is 22.5 Å². The van der Waals surface area contributed by atoms with Gasteiger partial charge >= 0.3 is 5.97 Å². The molecule has 1 amide bonds. The van der Waals surface area contributed by atoms with Gasteiger partial charge in [-0.3, -0.25) is 9.59 Å². The van der Waals surface area contributed by atoms with Crippen molar-refractivity contribution >= 4 is 45.9 Å². The van der Waals surface area contributed by atoms with Crippen LogP contribution in [0.5, 0.6) is 5.75 Å². The molecule has 0 bridgehead atoms. The van der Waals surface area contributed by atoms with E-state index in [4.69, 9.17) is 21.1 Å². The Labute approximate surface area is 199 Å². The van der Waals surface area contributed by atoms with Crippen molar-refractivity contribution < 1.29 is 23.9 Å². The normalized spacial score (nSPS) is 12.4. The van der Waals surface area contributed by atoms with Gasteiger partial charge in [0.15, 0.2) is 19.0 Å². The molecule has 0 radical (unpaired) electrons.